The average Bonchev–Trinajstić information content (AvgIpc) is 2.74. The third-order valence-corrected chi connectivity index (χ3v) is 6.58. The van der Waals surface area contributed by atoms with Gasteiger partial charge in [0.1, 0.15) is 29.4 Å². The van der Waals surface area contributed by atoms with E-state index in [0.717, 1.165) is 31.7 Å². The normalized spacial score (nSPS) is 15.2. The first-order valence-electron chi connectivity index (χ1n) is 11.1. The molecule has 0 aliphatic carbocycles. The number of amides is 1. The lowest BCUT2D eigenvalue weighted by molar-refractivity contribution is 0.0186. The van der Waals surface area contributed by atoms with Crippen molar-refractivity contribution in [2.75, 3.05) is 43.2 Å². The summed E-state index contributed by atoms with van der Waals surface area (Å²) in [7, 11) is -1.57. The molecule has 1 N–H and O–H groups in total. The number of anilines is 3. The molecule has 0 unspecified atom stereocenters. The number of carbonyl (C=O) groups excluding carboxylic acids is 1. The summed E-state index contributed by atoms with van der Waals surface area (Å²) >= 11 is 0. The topological polar surface area (TPSA) is 105 Å². The van der Waals surface area contributed by atoms with E-state index in [9.17, 15) is 17.6 Å². The zero-order chi connectivity index (χ0) is 25.1. The molecule has 0 radical (unpaired) electrons. The standard InChI is InChI=1S/C23H32FN5O4S/c1-23(2,3)33-22(30)29-10-8-16(9-11-29)14-28(4)21-13-20(25-15-26-21)27-19-7-6-17(12-18(19)24)34(5,31)32/h6-7,12-13,15-16H,8-11,14H2,1-5H3,(H,25,26,27). The number of nitrogens with zero attached hydrogens (tertiary/aromatic N) is 4. The van der Waals surface area contributed by atoms with Gasteiger partial charge in [0.25, 0.3) is 0 Å². The van der Waals surface area contributed by atoms with Crippen molar-refractivity contribution < 1.29 is 22.3 Å². The highest BCUT2D eigenvalue weighted by molar-refractivity contribution is 7.90. The van der Waals surface area contributed by atoms with Crippen LogP contribution in [0.15, 0.2) is 35.5 Å². The molecule has 1 aromatic heterocycles. The second-order valence-electron chi connectivity index (χ2n) is 9.59. The summed E-state index contributed by atoms with van der Waals surface area (Å²) < 4.78 is 43.1. The number of halogens is 1. The fourth-order valence-electron chi connectivity index (χ4n) is 3.70. The van der Waals surface area contributed by atoms with E-state index < -0.39 is 21.3 Å². The minimum absolute atomic E-state index is 0.0867. The Morgan fingerprint density at radius 1 is 1.24 bits per heavy atom. The number of carbonyl (C=O) groups is 1. The lowest BCUT2D eigenvalue weighted by Crippen LogP contribution is -2.43. The van der Waals surface area contributed by atoms with Crippen LogP contribution in [-0.4, -0.2) is 67.9 Å². The first kappa shape index (κ1) is 25.7. The maximum absolute atomic E-state index is 14.4. The van der Waals surface area contributed by atoms with Crippen LogP contribution in [0.1, 0.15) is 33.6 Å². The predicted molar refractivity (Wildman–Crippen MR) is 129 cm³/mol. The molecule has 1 amide bonds. The minimum atomic E-state index is -3.49. The van der Waals surface area contributed by atoms with Crippen LogP contribution in [0.4, 0.5) is 26.5 Å². The van der Waals surface area contributed by atoms with Crippen molar-refractivity contribution in [1.29, 1.82) is 0 Å². The van der Waals surface area contributed by atoms with Gasteiger partial charge in [-0.15, -0.1) is 0 Å². The molecular formula is C23H32FN5O4S. The Labute approximate surface area is 200 Å². The molecule has 0 spiro atoms. The zero-order valence-corrected chi connectivity index (χ0v) is 21.0. The second-order valence-corrected chi connectivity index (χ2v) is 11.6. The van der Waals surface area contributed by atoms with Crippen LogP contribution in [0, 0.1) is 11.7 Å². The van der Waals surface area contributed by atoms with E-state index in [-0.39, 0.29) is 16.7 Å². The van der Waals surface area contributed by atoms with Crippen molar-refractivity contribution in [3.63, 3.8) is 0 Å². The number of rotatable bonds is 6. The van der Waals surface area contributed by atoms with Crippen LogP contribution in [0.25, 0.3) is 0 Å². The molecule has 1 aliphatic heterocycles. The third-order valence-electron chi connectivity index (χ3n) is 5.47. The number of hydrogen-bond donors (Lipinski definition) is 1. The van der Waals surface area contributed by atoms with Crippen molar-refractivity contribution in [3.05, 3.63) is 36.4 Å². The second kappa shape index (κ2) is 10.1. The van der Waals surface area contributed by atoms with Crippen LogP contribution < -0.4 is 10.2 Å². The van der Waals surface area contributed by atoms with Crippen LogP contribution in [0.2, 0.25) is 0 Å². The van der Waals surface area contributed by atoms with Gasteiger partial charge in [-0.1, -0.05) is 0 Å². The molecule has 3 rings (SSSR count). The van der Waals surface area contributed by atoms with E-state index >= 15 is 0 Å². The number of sulfone groups is 1. The van der Waals surface area contributed by atoms with Crippen LogP contribution in [0.3, 0.4) is 0 Å². The van der Waals surface area contributed by atoms with Crippen molar-refractivity contribution in [2.45, 2.75) is 44.1 Å². The van der Waals surface area contributed by atoms with E-state index in [0.29, 0.717) is 30.6 Å². The Morgan fingerprint density at radius 3 is 2.50 bits per heavy atom. The number of ether oxygens (including phenoxy) is 1. The van der Waals surface area contributed by atoms with Gasteiger partial charge in [0.05, 0.1) is 10.6 Å². The van der Waals surface area contributed by atoms with Gasteiger partial charge in [0, 0.05) is 39.0 Å². The van der Waals surface area contributed by atoms with Gasteiger partial charge in [0.15, 0.2) is 9.84 Å². The Balaban J connectivity index is 1.58. The molecule has 2 aromatic rings. The molecule has 9 nitrogen and oxygen atoms in total. The predicted octanol–water partition coefficient (Wildman–Crippen LogP) is 3.85. The maximum Gasteiger partial charge on any atom is 0.410 e. The molecule has 0 bridgehead atoms. The summed E-state index contributed by atoms with van der Waals surface area (Å²) in [6.45, 7) is 7.61. The summed E-state index contributed by atoms with van der Waals surface area (Å²) in [4.78, 5) is 24.4. The van der Waals surface area contributed by atoms with E-state index in [1.807, 2.05) is 32.7 Å². The number of piperidine rings is 1. The highest BCUT2D eigenvalue weighted by Gasteiger charge is 2.27. The summed E-state index contributed by atoms with van der Waals surface area (Å²) in [5.41, 5.74) is -0.389. The molecule has 34 heavy (non-hydrogen) atoms. The fourth-order valence-corrected chi connectivity index (χ4v) is 4.33. The third kappa shape index (κ3) is 7.02. The van der Waals surface area contributed by atoms with E-state index in [4.69, 9.17) is 4.74 Å². The quantitative estimate of drug-likeness (QED) is 0.647. The van der Waals surface area contributed by atoms with Gasteiger partial charge in [-0.25, -0.2) is 27.6 Å². The maximum atomic E-state index is 14.4. The minimum Gasteiger partial charge on any atom is -0.444 e. The molecule has 186 valence electrons. The summed E-state index contributed by atoms with van der Waals surface area (Å²) in [6, 6.07) is 5.41. The van der Waals surface area contributed by atoms with Crippen LogP contribution >= 0.6 is 0 Å². The summed E-state index contributed by atoms with van der Waals surface area (Å²) in [5.74, 6) is 0.757. The summed E-state index contributed by atoms with van der Waals surface area (Å²) in [5, 5.41) is 2.88. The smallest absolute Gasteiger partial charge is 0.410 e. The molecule has 1 aliphatic rings. The first-order valence-corrected chi connectivity index (χ1v) is 13.0. The first-order chi connectivity index (χ1) is 15.8. The Kier molecular flexibility index (Phi) is 7.64. The van der Waals surface area contributed by atoms with E-state index in [1.54, 1.807) is 11.0 Å². The molecule has 2 heterocycles. The van der Waals surface area contributed by atoms with Gasteiger partial charge in [0.2, 0.25) is 0 Å². The molecule has 11 heteroatoms. The highest BCUT2D eigenvalue weighted by atomic mass is 32.2. The number of likely N-dealkylation sites (tertiary alicyclic amines) is 1. The zero-order valence-electron chi connectivity index (χ0n) is 20.2. The number of hydrogen-bond acceptors (Lipinski definition) is 8. The molecule has 1 fully saturated rings. The monoisotopic (exact) mass is 493 g/mol. The van der Waals surface area contributed by atoms with E-state index in [1.165, 1.54) is 18.5 Å². The van der Waals surface area contributed by atoms with Crippen molar-refractivity contribution in [3.8, 4) is 0 Å². The number of benzene rings is 1. The average molecular weight is 494 g/mol. The van der Waals surface area contributed by atoms with E-state index in [2.05, 4.69) is 15.3 Å². The Bertz CT molecular complexity index is 1130. The molecule has 0 saturated carbocycles. The van der Waals surface area contributed by atoms with Gasteiger partial charge in [-0.2, -0.15) is 0 Å². The number of aromatic nitrogens is 2. The molecule has 1 saturated heterocycles. The van der Waals surface area contributed by atoms with Crippen molar-refractivity contribution >= 4 is 33.3 Å². The molecule has 0 atom stereocenters. The lowest BCUT2D eigenvalue weighted by Gasteiger charge is -2.35. The Hall–Kier alpha value is -2.95. The van der Waals surface area contributed by atoms with Gasteiger partial charge >= 0.3 is 6.09 Å². The van der Waals surface area contributed by atoms with Crippen molar-refractivity contribution in [1.82, 2.24) is 14.9 Å². The fraction of sp³-hybridized carbons (Fsp3) is 0.522. The van der Waals surface area contributed by atoms with Gasteiger partial charge in [-0.05, 0) is 57.7 Å². The van der Waals surface area contributed by atoms with Crippen LogP contribution in [-0.2, 0) is 14.6 Å². The Morgan fingerprint density at radius 2 is 1.91 bits per heavy atom. The lowest BCUT2D eigenvalue weighted by atomic mass is 9.96. The van der Waals surface area contributed by atoms with Gasteiger partial charge in [-0.3, -0.25) is 0 Å². The number of nitrogens with one attached hydrogen (secondary N) is 1. The molecular weight excluding hydrogens is 461 g/mol. The molecule has 1 aromatic carbocycles. The largest absolute Gasteiger partial charge is 0.444 e. The van der Waals surface area contributed by atoms with Gasteiger partial charge < -0.3 is 19.9 Å². The van der Waals surface area contributed by atoms with Crippen LogP contribution in [0.5, 0.6) is 0 Å². The highest BCUT2D eigenvalue weighted by Crippen LogP contribution is 2.25. The SMILES string of the molecule is CN(CC1CCN(C(=O)OC(C)(C)C)CC1)c1cc(Nc2ccc(S(C)(=O)=O)cc2F)ncn1. The van der Waals surface area contributed by atoms with Crippen molar-refractivity contribution in [2.24, 2.45) is 5.92 Å². The summed E-state index contributed by atoms with van der Waals surface area (Å²) in [6.07, 6.45) is 3.86.